The topological polar surface area (TPSA) is 175 Å². The molecule has 4 N–H and O–H groups in total. The molecule has 0 saturated heterocycles. The van der Waals surface area contributed by atoms with Crippen LogP contribution in [0.5, 0.6) is 0 Å². The number of methoxy groups -OCH3 is 2. The van der Waals surface area contributed by atoms with Gasteiger partial charge in [0.15, 0.2) is 0 Å². The fourth-order valence-electron chi connectivity index (χ4n) is 5.94. The number of hydrogen-bond donors (Lipinski definition) is 4. The largest absolute Gasteiger partial charge is 0.453 e. The molecule has 0 unspecified atom stereocenters. The third-order valence-corrected chi connectivity index (χ3v) is 11.6. The Bertz CT molecular complexity index is 1960. The van der Waals surface area contributed by atoms with E-state index in [1.807, 2.05) is 13.8 Å². The number of fused-ring (bicyclic) bond motifs is 2. The lowest BCUT2D eigenvalue weighted by atomic mass is 10.0. The number of carbonyl (C=O) groups excluding carboxylic acids is 4. The van der Waals surface area contributed by atoms with Crippen LogP contribution in [0.3, 0.4) is 0 Å². The number of nitrogens with one attached hydrogen (secondary N) is 4. The molecular formula is C39H50N8O6S2. The first-order valence-corrected chi connectivity index (χ1v) is 20.1. The van der Waals surface area contributed by atoms with E-state index < -0.39 is 18.2 Å². The van der Waals surface area contributed by atoms with E-state index in [0.717, 1.165) is 67.8 Å². The van der Waals surface area contributed by atoms with Gasteiger partial charge in [-0.2, -0.15) is 0 Å². The van der Waals surface area contributed by atoms with Crippen molar-refractivity contribution in [2.75, 3.05) is 33.9 Å². The van der Waals surface area contributed by atoms with Gasteiger partial charge >= 0.3 is 12.2 Å². The Balaban J connectivity index is 1.26. The molecule has 14 nitrogen and oxygen atoms in total. The van der Waals surface area contributed by atoms with E-state index in [2.05, 4.69) is 85.6 Å². The Morgan fingerprint density at radius 2 is 1.25 bits per heavy atom. The Kier molecular flexibility index (Phi) is 14.7. The predicted octanol–water partition coefficient (Wildman–Crippen LogP) is 7.08. The number of alkyl carbamates (subject to hydrolysis) is 2. The van der Waals surface area contributed by atoms with E-state index in [9.17, 15) is 19.2 Å². The van der Waals surface area contributed by atoms with E-state index in [4.69, 9.17) is 4.74 Å². The Labute approximate surface area is 330 Å². The molecule has 0 saturated carbocycles. The molecular weight excluding hydrogens is 741 g/mol. The molecule has 2 aromatic heterocycles. The summed E-state index contributed by atoms with van der Waals surface area (Å²) in [6.45, 7) is 9.47. The molecule has 55 heavy (non-hydrogen) atoms. The van der Waals surface area contributed by atoms with E-state index in [1.54, 1.807) is 45.7 Å². The fraction of sp³-hybridized carbons (Fsp3) is 0.436. The van der Waals surface area contributed by atoms with Crippen LogP contribution in [0.15, 0.2) is 68.4 Å². The van der Waals surface area contributed by atoms with Crippen LogP contribution in [0, 0.1) is 5.92 Å². The van der Waals surface area contributed by atoms with Gasteiger partial charge in [0.1, 0.15) is 24.2 Å². The maximum absolute atomic E-state index is 13.6. The van der Waals surface area contributed by atoms with Crippen molar-refractivity contribution in [1.29, 1.82) is 0 Å². The first-order valence-electron chi connectivity index (χ1n) is 18.5. The molecule has 0 aliphatic carbocycles. The van der Waals surface area contributed by atoms with Crippen LogP contribution in [-0.4, -0.2) is 93.6 Å². The average Bonchev–Trinajstić information content (AvgIpc) is 3.87. The van der Waals surface area contributed by atoms with E-state index in [1.165, 1.54) is 14.2 Å². The molecule has 0 spiro atoms. The normalized spacial score (nSPS) is 12.3. The number of rotatable bonds is 17. The first kappa shape index (κ1) is 41.2. The highest BCUT2D eigenvalue weighted by atomic mass is 32.2. The van der Waals surface area contributed by atoms with Crippen molar-refractivity contribution in [3.8, 4) is 22.5 Å². The SMILES string of the molecule is CCCCN(Cc1ncc(-c2ccc3c(c2)Sc2ccc(-c4cnc(CN(CCCC)C(=O)[C@@H](NC(=O)OC)C(C)C)[nH]4)cc2S3)[nH]1)C(=O)CNC(=O)OC. The minimum absolute atomic E-state index is 0.122. The highest BCUT2D eigenvalue weighted by molar-refractivity contribution is 8.05. The van der Waals surface area contributed by atoms with Gasteiger partial charge in [0.2, 0.25) is 11.8 Å². The molecule has 1 aliphatic heterocycles. The molecule has 0 fully saturated rings. The minimum Gasteiger partial charge on any atom is -0.453 e. The van der Waals surface area contributed by atoms with Crippen LogP contribution >= 0.6 is 23.5 Å². The number of hydrogen-bond acceptors (Lipinski definition) is 10. The summed E-state index contributed by atoms with van der Waals surface area (Å²) in [6.07, 6.45) is 5.81. The molecule has 0 radical (unpaired) electrons. The maximum Gasteiger partial charge on any atom is 0.407 e. The van der Waals surface area contributed by atoms with Crippen LogP contribution in [0.2, 0.25) is 0 Å². The summed E-state index contributed by atoms with van der Waals surface area (Å²) in [4.78, 5) is 73.9. The lowest BCUT2D eigenvalue weighted by molar-refractivity contribution is -0.135. The molecule has 294 valence electrons. The standard InChI is InChI=1S/C39H50N8O6S2/c1-7-9-15-46(35(48)21-42-38(50)52-5)22-33-40-19-27(43-33)25-11-13-29-31(17-25)54-30-14-12-26(18-32(30)55-29)28-20-41-34(44-28)23-47(16-10-8-2)37(49)36(24(3)4)45-39(51)53-6/h11-14,17-20,24,36H,7-10,15-16,21-23H2,1-6H3,(H,40,43)(H,41,44)(H,42,50)(H,45,51)/t36-/m0/s1. The monoisotopic (exact) mass is 790 g/mol. The van der Waals surface area contributed by atoms with Crippen molar-refractivity contribution in [2.24, 2.45) is 5.92 Å². The summed E-state index contributed by atoms with van der Waals surface area (Å²) in [5, 5.41) is 5.16. The molecule has 0 bridgehead atoms. The first-order chi connectivity index (χ1) is 26.5. The van der Waals surface area contributed by atoms with Crippen LogP contribution < -0.4 is 10.6 Å². The third-order valence-electron chi connectivity index (χ3n) is 9.08. The molecule has 5 rings (SSSR count). The van der Waals surface area contributed by atoms with Gasteiger partial charge < -0.3 is 39.9 Å². The summed E-state index contributed by atoms with van der Waals surface area (Å²) in [6, 6.07) is 12.0. The molecule has 4 amide bonds. The molecule has 2 aromatic carbocycles. The molecule has 1 atom stereocenters. The van der Waals surface area contributed by atoms with Gasteiger partial charge in [0.05, 0.1) is 51.1 Å². The van der Waals surface area contributed by atoms with Crippen molar-refractivity contribution < 1.29 is 28.7 Å². The quantitative estimate of drug-likeness (QED) is 0.0762. The highest BCUT2D eigenvalue weighted by Gasteiger charge is 2.29. The van der Waals surface area contributed by atoms with E-state index >= 15 is 0 Å². The van der Waals surface area contributed by atoms with Crippen molar-refractivity contribution >= 4 is 47.5 Å². The van der Waals surface area contributed by atoms with Gasteiger partial charge in [0.25, 0.3) is 0 Å². The van der Waals surface area contributed by atoms with Gasteiger partial charge in [-0.3, -0.25) is 9.59 Å². The number of amides is 4. The zero-order valence-corrected chi connectivity index (χ0v) is 33.8. The van der Waals surface area contributed by atoms with Crippen molar-refractivity contribution in [2.45, 2.75) is 92.1 Å². The maximum atomic E-state index is 13.6. The minimum atomic E-state index is -0.711. The molecule has 4 aromatic rings. The second-order valence-corrected chi connectivity index (χ2v) is 15.7. The summed E-state index contributed by atoms with van der Waals surface area (Å²) in [7, 11) is 2.55. The number of carbonyl (C=O) groups is 4. The van der Waals surface area contributed by atoms with E-state index in [0.29, 0.717) is 31.3 Å². The smallest absolute Gasteiger partial charge is 0.407 e. The molecule has 3 heterocycles. The van der Waals surface area contributed by atoms with Crippen LogP contribution in [-0.2, 0) is 32.2 Å². The zero-order chi connectivity index (χ0) is 39.5. The Hall–Kier alpha value is -4.96. The highest BCUT2D eigenvalue weighted by Crippen LogP contribution is 2.50. The van der Waals surface area contributed by atoms with Crippen LogP contribution in [0.1, 0.15) is 65.0 Å². The Morgan fingerprint density at radius 3 is 1.75 bits per heavy atom. The Morgan fingerprint density at radius 1 is 0.745 bits per heavy atom. The van der Waals surface area contributed by atoms with Crippen molar-refractivity contribution in [3.05, 3.63) is 60.4 Å². The number of nitrogens with zero attached hydrogens (tertiary/aromatic N) is 4. The average molecular weight is 791 g/mol. The number of ether oxygens (including phenoxy) is 2. The van der Waals surface area contributed by atoms with Gasteiger partial charge in [-0.05, 0) is 43.0 Å². The van der Waals surface area contributed by atoms with Crippen molar-refractivity contribution in [1.82, 2.24) is 40.4 Å². The summed E-state index contributed by atoms with van der Waals surface area (Å²) < 4.78 is 9.36. The molecule has 1 aliphatic rings. The second kappa shape index (κ2) is 19.6. The number of H-pyrrole nitrogens is 2. The molecule has 16 heteroatoms. The van der Waals surface area contributed by atoms with Gasteiger partial charge in [-0.15, -0.1) is 0 Å². The third kappa shape index (κ3) is 10.8. The van der Waals surface area contributed by atoms with Gasteiger partial charge in [-0.1, -0.05) is 76.2 Å². The summed E-state index contributed by atoms with van der Waals surface area (Å²) in [5.41, 5.74) is 3.68. The number of benzene rings is 2. The fourth-order valence-corrected chi connectivity index (χ4v) is 8.22. The number of imidazole rings is 2. The lowest BCUT2D eigenvalue weighted by Crippen LogP contribution is -2.51. The van der Waals surface area contributed by atoms with Gasteiger partial charge in [-0.25, -0.2) is 19.6 Å². The van der Waals surface area contributed by atoms with E-state index in [-0.39, 0.29) is 30.8 Å². The number of aromatic amines is 2. The van der Waals surface area contributed by atoms with Crippen LogP contribution in [0.4, 0.5) is 9.59 Å². The lowest BCUT2D eigenvalue weighted by Gasteiger charge is -2.29. The number of unbranched alkanes of at least 4 members (excludes halogenated alkanes) is 2. The number of aromatic nitrogens is 4. The van der Waals surface area contributed by atoms with Crippen molar-refractivity contribution in [3.63, 3.8) is 0 Å². The predicted molar refractivity (Wildman–Crippen MR) is 212 cm³/mol. The van der Waals surface area contributed by atoms with Gasteiger partial charge in [0, 0.05) is 43.8 Å². The second-order valence-electron chi connectivity index (χ2n) is 13.5. The zero-order valence-electron chi connectivity index (χ0n) is 32.2. The summed E-state index contributed by atoms with van der Waals surface area (Å²) in [5.74, 6) is 0.823. The summed E-state index contributed by atoms with van der Waals surface area (Å²) >= 11 is 3.42. The van der Waals surface area contributed by atoms with Crippen LogP contribution in [0.25, 0.3) is 22.5 Å².